The molecule has 0 aliphatic heterocycles. The Hall–Kier alpha value is -2.65. The zero-order chi connectivity index (χ0) is 21.1. The van der Waals surface area contributed by atoms with Gasteiger partial charge in [0.25, 0.3) is 5.91 Å². The summed E-state index contributed by atoms with van der Waals surface area (Å²) in [5, 5.41) is 10.3. The topological polar surface area (TPSA) is 75.2 Å². The molecule has 0 radical (unpaired) electrons. The predicted molar refractivity (Wildman–Crippen MR) is 115 cm³/mol. The first kappa shape index (κ1) is 20.6. The summed E-state index contributed by atoms with van der Waals surface area (Å²) in [5.41, 5.74) is 0.989. The quantitative estimate of drug-likeness (QED) is 0.608. The van der Waals surface area contributed by atoms with Crippen LogP contribution in [-0.4, -0.2) is 27.4 Å². The molecule has 156 valence electrons. The maximum absolute atomic E-state index is 14.9. The van der Waals surface area contributed by atoms with E-state index < -0.39 is 17.8 Å². The number of rotatable bonds is 6. The Morgan fingerprint density at radius 3 is 2.63 bits per heavy atom. The molecule has 1 aliphatic carbocycles. The number of amides is 2. The maximum Gasteiger partial charge on any atom is 0.280 e. The molecule has 30 heavy (non-hydrogen) atoms. The van der Waals surface area contributed by atoms with Gasteiger partial charge in [-0.05, 0) is 60.4 Å². The molecule has 1 atom stereocenters. The molecule has 0 bridgehead atoms. The highest BCUT2D eigenvalue weighted by Crippen LogP contribution is 2.35. The summed E-state index contributed by atoms with van der Waals surface area (Å²) < 4.78 is 18.6. The molecule has 0 unspecified atom stereocenters. The molecule has 2 amide bonds. The van der Waals surface area contributed by atoms with Crippen molar-refractivity contribution in [1.82, 2.24) is 14.9 Å². The number of hydrogen-bond donors (Lipinski definition) is 1. The Morgan fingerprint density at radius 1 is 1.23 bits per heavy atom. The normalized spacial score (nSPS) is 15.1. The van der Waals surface area contributed by atoms with E-state index in [1.807, 2.05) is 18.4 Å². The number of aryl methyl sites for hydroxylation is 1. The number of benzene rings is 1. The monoisotopic (exact) mass is 444 g/mol. The predicted octanol–water partition coefficient (Wildman–Crippen LogP) is 4.49. The van der Waals surface area contributed by atoms with E-state index in [9.17, 15) is 14.0 Å². The molecule has 1 saturated carbocycles. The van der Waals surface area contributed by atoms with Crippen LogP contribution in [0.4, 0.5) is 10.1 Å². The van der Waals surface area contributed by atoms with Crippen molar-refractivity contribution in [2.75, 3.05) is 4.90 Å². The fourth-order valence-corrected chi connectivity index (χ4v) is 5.21. The average molecular weight is 445 g/mol. The molecule has 0 spiro atoms. The number of halogens is 1. The summed E-state index contributed by atoms with van der Waals surface area (Å²) in [6, 6.07) is 6.94. The lowest BCUT2D eigenvalue weighted by Gasteiger charge is -2.31. The lowest BCUT2D eigenvalue weighted by Crippen LogP contribution is -2.46. The second-order valence-electron chi connectivity index (χ2n) is 7.28. The lowest BCUT2D eigenvalue weighted by molar-refractivity contribution is -0.123. The highest BCUT2D eigenvalue weighted by molar-refractivity contribution is 7.10. The number of anilines is 1. The molecule has 2 heterocycles. The summed E-state index contributed by atoms with van der Waals surface area (Å²) in [5.74, 6) is -1.46. The van der Waals surface area contributed by atoms with Crippen LogP contribution < -0.4 is 10.2 Å². The fourth-order valence-electron chi connectivity index (χ4n) is 3.76. The second-order valence-corrected chi connectivity index (χ2v) is 8.83. The lowest BCUT2D eigenvalue weighted by atomic mass is 10.1. The Labute approximate surface area is 181 Å². The third-order valence-corrected chi connectivity index (χ3v) is 6.84. The van der Waals surface area contributed by atoms with Gasteiger partial charge in [0, 0.05) is 16.3 Å². The third-order valence-electron chi connectivity index (χ3n) is 5.27. The molecule has 2 aromatic heterocycles. The van der Waals surface area contributed by atoms with Gasteiger partial charge >= 0.3 is 0 Å². The van der Waals surface area contributed by atoms with Crippen LogP contribution in [-0.2, 0) is 4.79 Å². The van der Waals surface area contributed by atoms with Crippen molar-refractivity contribution in [3.63, 3.8) is 0 Å². The van der Waals surface area contributed by atoms with E-state index >= 15 is 0 Å². The van der Waals surface area contributed by atoms with Gasteiger partial charge in [0.2, 0.25) is 5.91 Å². The minimum Gasteiger partial charge on any atom is -0.351 e. The molecular weight excluding hydrogens is 423 g/mol. The molecule has 1 N–H and O–H groups in total. The zero-order valence-electron chi connectivity index (χ0n) is 16.4. The number of para-hydroxylation sites is 1. The molecule has 3 aromatic rings. The van der Waals surface area contributed by atoms with Gasteiger partial charge in [-0.1, -0.05) is 29.5 Å². The molecular formula is C21H21FN4O2S2. The number of carbonyl (C=O) groups is 2. The van der Waals surface area contributed by atoms with Crippen LogP contribution in [0, 0.1) is 12.7 Å². The van der Waals surface area contributed by atoms with E-state index in [0.29, 0.717) is 4.88 Å². The number of nitrogens with one attached hydrogen (secondary N) is 1. The first-order valence-corrected chi connectivity index (χ1v) is 11.5. The summed E-state index contributed by atoms with van der Waals surface area (Å²) in [6.45, 7) is 1.89. The van der Waals surface area contributed by atoms with E-state index in [2.05, 4.69) is 14.9 Å². The van der Waals surface area contributed by atoms with Gasteiger partial charge in [0.1, 0.15) is 5.82 Å². The average Bonchev–Trinajstić information content (AvgIpc) is 3.50. The molecule has 4 rings (SSSR count). The van der Waals surface area contributed by atoms with E-state index in [-0.39, 0.29) is 23.3 Å². The van der Waals surface area contributed by atoms with Crippen LogP contribution >= 0.6 is 22.9 Å². The van der Waals surface area contributed by atoms with Crippen LogP contribution in [0.25, 0.3) is 0 Å². The van der Waals surface area contributed by atoms with E-state index in [1.54, 1.807) is 12.1 Å². The van der Waals surface area contributed by atoms with E-state index in [1.165, 1.54) is 33.7 Å². The zero-order valence-corrected chi connectivity index (χ0v) is 18.0. The summed E-state index contributed by atoms with van der Waals surface area (Å²) in [7, 11) is 0. The number of aromatic nitrogens is 2. The van der Waals surface area contributed by atoms with Crippen molar-refractivity contribution in [1.29, 1.82) is 0 Å². The van der Waals surface area contributed by atoms with Crippen LogP contribution in [0.1, 0.15) is 52.7 Å². The number of thiophene rings is 1. The minimum atomic E-state index is -1.00. The number of nitrogens with zero attached hydrogens (tertiary/aromatic N) is 3. The Bertz CT molecular complexity index is 1030. The Morgan fingerprint density at radius 2 is 2.00 bits per heavy atom. The van der Waals surface area contributed by atoms with Crippen LogP contribution in [0.15, 0.2) is 41.1 Å². The van der Waals surface area contributed by atoms with Gasteiger partial charge in [0.05, 0.1) is 5.69 Å². The van der Waals surface area contributed by atoms with Gasteiger partial charge in [-0.2, -0.15) is 0 Å². The first-order valence-electron chi connectivity index (χ1n) is 9.75. The van der Waals surface area contributed by atoms with Crippen molar-refractivity contribution in [2.24, 2.45) is 0 Å². The van der Waals surface area contributed by atoms with Gasteiger partial charge in [-0.15, -0.1) is 16.4 Å². The summed E-state index contributed by atoms with van der Waals surface area (Å²) in [4.78, 5) is 28.8. The molecule has 6 nitrogen and oxygen atoms in total. The van der Waals surface area contributed by atoms with Gasteiger partial charge < -0.3 is 5.32 Å². The largest absolute Gasteiger partial charge is 0.351 e. The van der Waals surface area contributed by atoms with Gasteiger partial charge in [-0.3, -0.25) is 14.5 Å². The van der Waals surface area contributed by atoms with Crippen molar-refractivity contribution >= 4 is 40.4 Å². The summed E-state index contributed by atoms with van der Waals surface area (Å²) in [6.07, 6.45) is 3.94. The third kappa shape index (κ3) is 4.13. The summed E-state index contributed by atoms with van der Waals surface area (Å²) >= 11 is 2.41. The van der Waals surface area contributed by atoms with Crippen molar-refractivity contribution in [3.8, 4) is 0 Å². The number of hydrogen-bond acceptors (Lipinski definition) is 6. The standard InChI is InChI=1S/C21H21FN4O2S2/c1-13-10-11-29-19(13)18(20(27)23-14-6-2-3-7-14)26(17-9-5-4-8-15(17)22)21(28)16-12-30-25-24-16/h4-5,8-12,14,18H,2-3,6-7H2,1H3,(H,23,27)/t18-/m0/s1. The van der Waals surface area contributed by atoms with Crippen molar-refractivity contribution in [3.05, 3.63) is 63.0 Å². The van der Waals surface area contributed by atoms with E-state index in [4.69, 9.17) is 0 Å². The Balaban J connectivity index is 1.82. The Kier molecular flexibility index (Phi) is 6.19. The maximum atomic E-state index is 14.9. The van der Waals surface area contributed by atoms with Crippen molar-refractivity contribution < 1.29 is 14.0 Å². The van der Waals surface area contributed by atoms with Crippen LogP contribution in [0.2, 0.25) is 0 Å². The van der Waals surface area contributed by atoms with E-state index in [0.717, 1.165) is 42.8 Å². The highest BCUT2D eigenvalue weighted by Gasteiger charge is 2.38. The fraction of sp³-hybridized carbons (Fsp3) is 0.333. The molecule has 1 aromatic carbocycles. The molecule has 9 heteroatoms. The second kappa shape index (κ2) is 9.01. The van der Waals surface area contributed by atoms with Gasteiger partial charge in [-0.25, -0.2) is 4.39 Å². The molecule has 1 fully saturated rings. The number of carbonyl (C=O) groups excluding carboxylic acids is 2. The minimum absolute atomic E-state index is 0.0369. The van der Waals surface area contributed by atoms with Gasteiger partial charge in [0.15, 0.2) is 11.7 Å². The SMILES string of the molecule is Cc1ccsc1[C@@H](C(=O)NC1CCCC1)N(C(=O)c1csnn1)c1ccccc1F. The molecule has 0 saturated heterocycles. The molecule has 1 aliphatic rings. The smallest absolute Gasteiger partial charge is 0.280 e. The van der Waals surface area contributed by atoms with Crippen LogP contribution in [0.5, 0.6) is 0 Å². The van der Waals surface area contributed by atoms with Crippen LogP contribution in [0.3, 0.4) is 0 Å². The first-order chi connectivity index (χ1) is 14.6. The highest BCUT2D eigenvalue weighted by atomic mass is 32.1. The van der Waals surface area contributed by atoms with Crippen molar-refractivity contribution in [2.45, 2.75) is 44.7 Å².